The Morgan fingerprint density at radius 1 is 1.26 bits per heavy atom. The molecule has 0 aliphatic heterocycles. The molecule has 1 aromatic heterocycles. The molecule has 0 bridgehead atoms. The minimum atomic E-state index is -0.219. The fraction of sp³-hybridized carbons (Fsp3) is 0.474. The van der Waals surface area contributed by atoms with Crippen LogP contribution in [0.4, 0.5) is 0 Å². The second-order valence-corrected chi connectivity index (χ2v) is 7.04. The molecular weight excluding hydrogens is 306 g/mol. The van der Waals surface area contributed by atoms with Gasteiger partial charge < -0.3 is 4.74 Å². The van der Waals surface area contributed by atoms with Crippen LogP contribution in [0.5, 0.6) is 0 Å². The number of nitrogens with zero attached hydrogens (tertiary/aromatic N) is 1. The number of benzene rings is 1. The van der Waals surface area contributed by atoms with Crippen LogP contribution in [0.25, 0.3) is 0 Å². The van der Waals surface area contributed by atoms with Crippen LogP contribution in [-0.2, 0) is 16.1 Å². The van der Waals surface area contributed by atoms with Crippen molar-refractivity contribution >= 4 is 17.3 Å². The second kappa shape index (κ2) is 7.73. The molecule has 0 unspecified atom stereocenters. The van der Waals surface area contributed by atoms with Crippen molar-refractivity contribution < 1.29 is 14.1 Å². The van der Waals surface area contributed by atoms with Gasteiger partial charge in [-0.3, -0.25) is 4.79 Å². The van der Waals surface area contributed by atoms with Gasteiger partial charge in [0.1, 0.15) is 0 Å². The van der Waals surface area contributed by atoms with Crippen LogP contribution >= 0.6 is 11.3 Å². The van der Waals surface area contributed by atoms with Gasteiger partial charge in [-0.25, -0.2) is 0 Å². The van der Waals surface area contributed by atoms with Gasteiger partial charge in [-0.2, -0.15) is 4.57 Å². The van der Waals surface area contributed by atoms with Gasteiger partial charge in [0.05, 0.1) is 11.3 Å². The standard InChI is InChI=1S/C19H24NO2S/c1-15-13-23-14-20(15)12-18(16-8-4-2-5-9-16)22-19(21)17-10-6-3-7-11-17/h2,4-5,8-9,13-14,17-18H,3,6-7,10-12H2,1H3/q+1/t18-/m0/s1. The average Bonchev–Trinajstić information content (AvgIpc) is 3.00. The van der Waals surface area contributed by atoms with Crippen LogP contribution in [-0.4, -0.2) is 5.97 Å². The van der Waals surface area contributed by atoms with Gasteiger partial charge in [0.25, 0.3) is 0 Å². The molecule has 1 aliphatic carbocycles. The SMILES string of the molecule is Cc1csc[n+]1C[C@H](OC(=O)C1CCCCC1)c1ccccc1. The Morgan fingerprint density at radius 2 is 2.00 bits per heavy atom. The van der Waals surface area contributed by atoms with Crippen molar-refractivity contribution in [2.75, 3.05) is 0 Å². The van der Waals surface area contributed by atoms with E-state index in [-0.39, 0.29) is 18.0 Å². The minimum Gasteiger partial charge on any atom is -0.450 e. The first-order valence-corrected chi connectivity index (χ1v) is 9.36. The van der Waals surface area contributed by atoms with Crippen molar-refractivity contribution in [3.63, 3.8) is 0 Å². The molecule has 1 aliphatic rings. The van der Waals surface area contributed by atoms with Gasteiger partial charge in [-0.05, 0) is 18.4 Å². The average molecular weight is 330 g/mol. The molecule has 122 valence electrons. The van der Waals surface area contributed by atoms with E-state index in [0.717, 1.165) is 31.2 Å². The Morgan fingerprint density at radius 3 is 2.65 bits per heavy atom. The van der Waals surface area contributed by atoms with Gasteiger partial charge in [0.2, 0.25) is 5.51 Å². The number of carbonyl (C=O) groups is 1. The van der Waals surface area contributed by atoms with Crippen molar-refractivity contribution in [3.8, 4) is 0 Å². The van der Waals surface area contributed by atoms with Gasteiger partial charge in [0, 0.05) is 6.92 Å². The maximum Gasteiger partial charge on any atom is 0.309 e. The lowest BCUT2D eigenvalue weighted by molar-refractivity contribution is -0.705. The zero-order valence-corrected chi connectivity index (χ0v) is 14.4. The summed E-state index contributed by atoms with van der Waals surface area (Å²) in [6, 6.07) is 10.1. The molecular formula is C19H24NO2S+. The number of rotatable bonds is 5. The summed E-state index contributed by atoms with van der Waals surface area (Å²) in [5.41, 5.74) is 4.35. The maximum absolute atomic E-state index is 12.6. The van der Waals surface area contributed by atoms with Crippen LogP contribution < -0.4 is 4.57 Å². The largest absolute Gasteiger partial charge is 0.450 e. The molecule has 1 aromatic carbocycles. The third kappa shape index (κ3) is 4.20. The number of ether oxygens (including phenoxy) is 1. The molecule has 4 heteroatoms. The van der Waals surface area contributed by atoms with Crippen molar-refractivity contribution in [3.05, 3.63) is 52.5 Å². The molecule has 3 rings (SSSR count). The van der Waals surface area contributed by atoms with E-state index in [1.54, 1.807) is 11.3 Å². The fourth-order valence-corrected chi connectivity index (χ4v) is 3.96. The quantitative estimate of drug-likeness (QED) is 0.607. The van der Waals surface area contributed by atoms with Crippen molar-refractivity contribution in [1.82, 2.24) is 0 Å². The molecule has 1 atom stereocenters. The lowest BCUT2D eigenvalue weighted by Gasteiger charge is -2.23. The van der Waals surface area contributed by atoms with Gasteiger partial charge in [0.15, 0.2) is 18.3 Å². The van der Waals surface area contributed by atoms with E-state index in [9.17, 15) is 4.79 Å². The highest BCUT2D eigenvalue weighted by molar-refractivity contribution is 7.07. The molecule has 0 saturated heterocycles. The highest BCUT2D eigenvalue weighted by Gasteiger charge is 2.28. The molecule has 0 radical (unpaired) electrons. The van der Waals surface area contributed by atoms with E-state index in [0.29, 0.717) is 6.54 Å². The van der Waals surface area contributed by atoms with E-state index < -0.39 is 0 Å². The Kier molecular flexibility index (Phi) is 5.44. The normalized spacial score (nSPS) is 16.9. The molecule has 1 heterocycles. The third-order valence-electron chi connectivity index (χ3n) is 4.61. The zero-order chi connectivity index (χ0) is 16.1. The Labute approximate surface area is 141 Å². The molecule has 0 spiro atoms. The Balaban J connectivity index is 1.75. The number of hydrogen-bond acceptors (Lipinski definition) is 3. The number of aromatic nitrogens is 1. The molecule has 0 amide bonds. The van der Waals surface area contributed by atoms with Crippen molar-refractivity contribution in [2.24, 2.45) is 5.92 Å². The number of carbonyl (C=O) groups excluding carboxylic acids is 1. The molecule has 23 heavy (non-hydrogen) atoms. The molecule has 3 nitrogen and oxygen atoms in total. The minimum absolute atomic E-state index is 0.0213. The number of thiazole rings is 1. The smallest absolute Gasteiger partial charge is 0.309 e. The summed E-state index contributed by atoms with van der Waals surface area (Å²) in [7, 11) is 0. The van der Waals surface area contributed by atoms with Crippen LogP contribution in [0.3, 0.4) is 0 Å². The first kappa shape index (κ1) is 16.2. The molecule has 1 saturated carbocycles. The number of esters is 1. The first-order chi connectivity index (χ1) is 11.2. The first-order valence-electron chi connectivity index (χ1n) is 8.41. The lowest BCUT2D eigenvalue weighted by Crippen LogP contribution is -2.39. The fourth-order valence-electron chi connectivity index (χ4n) is 3.17. The highest BCUT2D eigenvalue weighted by atomic mass is 32.1. The summed E-state index contributed by atoms with van der Waals surface area (Å²) in [5.74, 6) is 0.0653. The Hall–Kier alpha value is -1.68. The lowest BCUT2D eigenvalue weighted by atomic mass is 9.89. The molecule has 0 N–H and O–H groups in total. The van der Waals surface area contributed by atoms with Crippen molar-refractivity contribution in [1.29, 1.82) is 0 Å². The summed E-state index contributed by atoms with van der Waals surface area (Å²) in [4.78, 5) is 12.6. The second-order valence-electron chi connectivity index (χ2n) is 6.32. The number of aryl methyl sites for hydroxylation is 1. The molecule has 2 aromatic rings. The van der Waals surface area contributed by atoms with E-state index in [2.05, 4.69) is 22.4 Å². The predicted octanol–water partition coefficient (Wildman–Crippen LogP) is 4.21. The summed E-state index contributed by atoms with van der Waals surface area (Å²) in [6.07, 6.45) is 5.28. The van der Waals surface area contributed by atoms with Crippen LogP contribution in [0.15, 0.2) is 41.2 Å². The van der Waals surface area contributed by atoms with Crippen LogP contribution in [0, 0.1) is 12.8 Å². The molecule has 1 fully saturated rings. The van der Waals surface area contributed by atoms with E-state index in [1.807, 2.05) is 30.3 Å². The van der Waals surface area contributed by atoms with E-state index >= 15 is 0 Å². The highest BCUT2D eigenvalue weighted by Crippen LogP contribution is 2.27. The van der Waals surface area contributed by atoms with E-state index in [4.69, 9.17) is 4.74 Å². The summed E-state index contributed by atoms with van der Waals surface area (Å²) in [5, 5.41) is 2.12. The predicted molar refractivity (Wildman–Crippen MR) is 91.1 cm³/mol. The van der Waals surface area contributed by atoms with Gasteiger partial charge in [-0.1, -0.05) is 60.9 Å². The topological polar surface area (TPSA) is 30.2 Å². The van der Waals surface area contributed by atoms with Crippen LogP contribution in [0.1, 0.15) is 49.5 Å². The van der Waals surface area contributed by atoms with Gasteiger partial charge >= 0.3 is 5.97 Å². The number of hydrogen-bond donors (Lipinski definition) is 0. The maximum atomic E-state index is 12.6. The third-order valence-corrected chi connectivity index (χ3v) is 5.46. The van der Waals surface area contributed by atoms with Crippen LogP contribution in [0.2, 0.25) is 0 Å². The Bertz CT molecular complexity index is 632. The van der Waals surface area contributed by atoms with E-state index in [1.165, 1.54) is 12.1 Å². The zero-order valence-electron chi connectivity index (χ0n) is 13.6. The van der Waals surface area contributed by atoms with Gasteiger partial charge in [-0.15, -0.1) is 0 Å². The monoisotopic (exact) mass is 330 g/mol. The summed E-state index contributed by atoms with van der Waals surface area (Å²) in [6.45, 7) is 2.76. The summed E-state index contributed by atoms with van der Waals surface area (Å²) < 4.78 is 8.11. The summed E-state index contributed by atoms with van der Waals surface area (Å²) >= 11 is 1.67. The van der Waals surface area contributed by atoms with Crippen molar-refractivity contribution in [2.45, 2.75) is 51.7 Å².